The molecule has 3 rings (SSSR count). The minimum atomic E-state index is -0.590. The fourth-order valence-corrected chi connectivity index (χ4v) is 2.91. The lowest BCUT2D eigenvalue weighted by molar-refractivity contribution is -0.113. The van der Waals surface area contributed by atoms with Crippen LogP contribution >= 0.6 is 23.4 Å². The summed E-state index contributed by atoms with van der Waals surface area (Å²) in [6, 6.07) is 9.47. The number of rotatable bonds is 5. The van der Waals surface area contributed by atoms with E-state index in [2.05, 4.69) is 15.5 Å². The first-order valence-corrected chi connectivity index (χ1v) is 8.64. The highest BCUT2D eigenvalue weighted by atomic mass is 35.5. The molecule has 3 N–H and O–H groups in total. The topological polar surface area (TPSA) is 85.8 Å². The molecule has 0 atom stereocenters. The summed E-state index contributed by atoms with van der Waals surface area (Å²) >= 11 is 6.81. The van der Waals surface area contributed by atoms with Gasteiger partial charge in [-0.1, -0.05) is 23.4 Å². The van der Waals surface area contributed by atoms with Gasteiger partial charge in [-0.2, -0.15) is 0 Å². The molecule has 0 bridgehead atoms. The number of carbonyl (C=O) groups is 1. The smallest absolute Gasteiger partial charge is 0.234 e. The van der Waals surface area contributed by atoms with Gasteiger partial charge in [-0.15, -0.1) is 10.2 Å². The van der Waals surface area contributed by atoms with Crippen molar-refractivity contribution in [3.05, 3.63) is 59.1 Å². The fraction of sp³-hybridized carbons (Fsp3) is 0.0625. The number of amides is 1. The van der Waals surface area contributed by atoms with Gasteiger partial charge in [-0.3, -0.25) is 4.79 Å². The van der Waals surface area contributed by atoms with Gasteiger partial charge in [0.05, 0.1) is 11.4 Å². The highest BCUT2D eigenvalue weighted by Crippen LogP contribution is 2.23. The van der Waals surface area contributed by atoms with Crippen LogP contribution in [0.3, 0.4) is 0 Å². The number of thioether (sulfide) groups is 1. The number of halogens is 3. The lowest BCUT2D eigenvalue weighted by atomic mass is 10.2. The van der Waals surface area contributed by atoms with Gasteiger partial charge in [0.2, 0.25) is 11.1 Å². The van der Waals surface area contributed by atoms with E-state index in [0.717, 1.165) is 17.8 Å². The van der Waals surface area contributed by atoms with Crippen molar-refractivity contribution in [3.63, 3.8) is 0 Å². The summed E-state index contributed by atoms with van der Waals surface area (Å²) in [5.41, 5.74) is 0.572. The quantitative estimate of drug-likeness (QED) is 0.511. The monoisotopic (exact) mass is 395 g/mol. The summed E-state index contributed by atoms with van der Waals surface area (Å²) in [5, 5.41) is 10.9. The zero-order chi connectivity index (χ0) is 18.7. The third kappa shape index (κ3) is 4.12. The van der Waals surface area contributed by atoms with Crippen molar-refractivity contribution in [2.24, 2.45) is 0 Å². The molecule has 6 nitrogen and oxygen atoms in total. The van der Waals surface area contributed by atoms with Crippen LogP contribution in [0.25, 0.3) is 11.4 Å². The number of benzene rings is 2. The molecule has 10 heteroatoms. The highest BCUT2D eigenvalue weighted by Gasteiger charge is 2.15. The van der Waals surface area contributed by atoms with E-state index in [1.54, 1.807) is 0 Å². The lowest BCUT2D eigenvalue weighted by Gasteiger charge is -2.07. The maximum Gasteiger partial charge on any atom is 0.234 e. The number of anilines is 1. The number of nitrogens with one attached hydrogen (secondary N) is 1. The van der Waals surface area contributed by atoms with E-state index in [1.807, 2.05) is 0 Å². The Bertz CT molecular complexity index is 948. The minimum Gasteiger partial charge on any atom is -0.335 e. The van der Waals surface area contributed by atoms with Crippen molar-refractivity contribution >= 4 is 35.0 Å². The van der Waals surface area contributed by atoms with Gasteiger partial charge < -0.3 is 11.2 Å². The number of carbonyl (C=O) groups excluding carboxylic acids is 1. The summed E-state index contributed by atoms with van der Waals surface area (Å²) < 4.78 is 27.8. The molecule has 1 aromatic heterocycles. The molecule has 26 heavy (non-hydrogen) atoms. The van der Waals surface area contributed by atoms with E-state index in [4.69, 9.17) is 17.4 Å². The largest absolute Gasteiger partial charge is 0.335 e. The lowest BCUT2D eigenvalue weighted by Crippen LogP contribution is -2.17. The second-order valence-corrected chi connectivity index (χ2v) is 6.52. The van der Waals surface area contributed by atoms with E-state index in [1.165, 1.54) is 41.1 Å². The van der Waals surface area contributed by atoms with Crippen LogP contribution in [0.15, 0.2) is 47.6 Å². The standard InChI is InChI=1S/C16H12ClF2N5OS/c17-10-3-6-12(19)13(7-10)21-14(25)8-26-16-23-22-15(24(16)20)9-1-4-11(18)5-2-9/h1-7H,8,20H2,(H,21,25). The first-order valence-electron chi connectivity index (χ1n) is 7.28. The molecular formula is C16H12ClF2N5OS. The van der Waals surface area contributed by atoms with Gasteiger partial charge in [-0.05, 0) is 42.5 Å². The first kappa shape index (κ1) is 18.2. The minimum absolute atomic E-state index is 0.00989. The Morgan fingerprint density at radius 2 is 1.92 bits per heavy atom. The number of nitrogens with zero attached hydrogens (tertiary/aromatic N) is 3. The summed E-state index contributed by atoms with van der Waals surface area (Å²) in [6.45, 7) is 0. The molecule has 0 spiro atoms. The van der Waals surface area contributed by atoms with Gasteiger partial charge in [-0.25, -0.2) is 13.5 Å². The van der Waals surface area contributed by atoms with Crippen LogP contribution < -0.4 is 11.2 Å². The predicted octanol–water partition coefficient (Wildman–Crippen LogP) is 3.32. The molecule has 1 heterocycles. The molecule has 0 saturated carbocycles. The summed E-state index contributed by atoms with van der Waals surface area (Å²) in [7, 11) is 0. The van der Waals surface area contributed by atoms with Gasteiger partial charge in [0, 0.05) is 10.6 Å². The molecule has 0 fully saturated rings. The number of nitrogens with two attached hydrogens (primary N) is 1. The molecule has 0 aliphatic rings. The zero-order valence-electron chi connectivity index (χ0n) is 13.1. The second-order valence-electron chi connectivity index (χ2n) is 5.14. The maximum absolute atomic E-state index is 13.6. The number of hydrogen-bond acceptors (Lipinski definition) is 5. The van der Waals surface area contributed by atoms with Crippen LogP contribution in [0.2, 0.25) is 5.02 Å². The third-order valence-electron chi connectivity index (χ3n) is 3.30. The second kappa shape index (κ2) is 7.71. The number of aromatic nitrogens is 3. The SMILES string of the molecule is Nn1c(SCC(=O)Nc2cc(Cl)ccc2F)nnc1-c1ccc(F)cc1. The van der Waals surface area contributed by atoms with Gasteiger partial charge in [0.15, 0.2) is 5.82 Å². The molecule has 0 saturated heterocycles. The molecule has 1 amide bonds. The van der Waals surface area contributed by atoms with E-state index >= 15 is 0 Å². The molecule has 0 radical (unpaired) electrons. The van der Waals surface area contributed by atoms with Crippen molar-refractivity contribution in [2.75, 3.05) is 16.9 Å². The van der Waals surface area contributed by atoms with Gasteiger partial charge in [0.1, 0.15) is 11.6 Å². The van der Waals surface area contributed by atoms with E-state index < -0.39 is 11.7 Å². The van der Waals surface area contributed by atoms with Crippen molar-refractivity contribution in [2.45, 2.75) is 5.16 Å². The van der Waals surface area contributed by atoms with Gasteiger partial charge >= 0.3 is 0 Å². The highest BCUT2D eigenvalue weighted by molar-refractivity contribution is 7.99. The third-order valence-corrected chi connectivity index (χ3v) is 4.48. The van der Waals surface area contributed by atoms with Crippen molar-refractivity contribution in [3.8, 4) is 11.4 Å². The van der Waals surface area contributed by atoms with Crippen molar-refractivity contribution in [1.82, 2.24) is 14.9 Å². The van der Waals surface area contributed by atoms with Crippen molar-refractivity contribution in [1.29, 1.82) is 0 Å². The van der Waals surface area contributed by atoms with Crippen LogP contribution in [-0.4, -0.2) is 26.5 Å². The Morgan fingerprint density at radius 1 is 1.19 bits per heavy atom. The van der Waals surface area contributed by atoms with E-state index in [0.29, 0.717) is 16.4 Å². The number of nitrogen functional groups attached to an aromatic ring is 1. The van der Waals surface area contributed by atoms with Crippen LogP contribution in [0.5, 0.6) is 0 Å². The molecule has 0 aliphatic carbocycles. The van der Waals surface area contributed by atoms with E-state index in [9.17, 15) is 13.6 Å². The molecule has 0 unspecified atom stereocenters. The van der Waals surface area contributed by atoms with Crippen LogP contribution in [0.1, 0.15) is 0 Å². The average molecular weight is 396 g/mol. The molecular weight excluding hydrogens is 384 g/mol. The van der Waals surface area contributed by atoms with Crippen LogP contribution in [0, 0.1) is 11.6 Å². The predicted molar refractivity (Wildman–Crippen MR) is 96.3 cm³/mol. The Kier molecular flexibility index (Phi) is 5.38. The molecule has 134 valence electrons. The maximum atomic E-state index is 13.6. The Balaban J connectivity index is 1.65. The average Bonchev–Trinajstić information content (AvgIpc) is 2.98. The molecule has 3 aromatic rings. The summed E-state index contributed by atoms with van der Waals surface area (Å²) in [4.78, 5) is 12.0. The number of hydrogen-bond donors (Lipinski definition) is 2. The van der Waals surface area contributed by atoms with E-state index in [-0.39, 0.29) is 22.4 Å². The van der Waals surface area contributed by atoms with Crippen molar-refractivity contribution < 1.29 is 13.6 Å². The summed E-state index contributed by atoms with van der Waals surface area (Å²) in [6.07, 6.45) is 0. The Labute approximate surface area is 156 Å². The fourth-order valence-electron chi connectivity index (χ4n) is 2.08. The van der Waals surface area contributed by atoms with Crippen LogP contribution in [-0.2, 0) is 4.79 Å². The molecule has 0 aliphatic heterocycles. The summed E-state index contributed by atoms with van der Waals surface area (Å²) in [5.74, 6) is 4.76. The first-order chi connectivity index (χ1) is 12.4. The van der Waals surface area contributed by atoms with Gasteiger partial charge in [0.25, 0.3) is 0 Å². The molecule has 2 aromatic carbocycles. The normalized spacial score (nSPS) is 10.7. The van der Waals surface area contributed by atoms with Crippen LogP contribution in [0.4, 0.5) is 14.5 Å². The Hall–Kier alpha value is -2.65. The Morgan fingerprint density at radius 3 is 2.65 bits per heavy atom. The zero-order valence-corrected chi connectivity index (χ0v) is 14.7.